The maximum atomic E-state index is 12.1. The molecule has 0 aromatic heterocycles. The van der Waals surface area contributed by atoms with Crippen LogP contribution in [-0.4, -0.2) is 36.5 Å². The molecule has 1 atom stereocenters. The summed E-state index contributed by atoms with van der Waals surface area (Å²) in [6.45, 7) is 3.19. The molecule has 2 aliphatic rings. The van der Waals surface area contributed by atoms with Gasteiger partial charge in [-0.3, -0.25) is 4.79 Å². The van der Waals surface area contributed by atoms with Crippen LogP contribution in [0.15, 0.2) is 24.3 Å². The van der Waals surface area contributed by atoms with Gasteiger partial charge in [-0.25, -0.2) is 0 Å². The minimum atomic E-state index is 0.0647. The van der Waals surface area contributed by atoms with Gasteiger partial charge < -0.3 is 10.2 Å². The highest BCUT2D eigenvalue weighted by Gasteiger charge is 2.34. The molecule has 2 fully saturated rings. The molecule has 1 amide bonds. The molecule has 1 saturated carbocycles. The van der Waals surface area contributed by atoms with Crippen molar-refractivity contribution in [3.8, 4) is 0 Å². The second-order valence-corrected chi connectivity index (χ2v) is 6.73. The zero-order valence-electron chi connectivity index (χ0n) is 10.9. The van der Waals surface area contributed by atoms with E-state index in [1.165, 1.54) is 25.8 Å². The van der Waals surface area contributed by atoms with Crippen LogP contribution >= 0.6 is 22.6 Å². The van der Waals surface area contributed by atoms with Crippen molar-refractivity contribution in [1.82, 2.24) is 10.2 Å². The number of rotatable bonds is 4. The van der Waals surface area contributed by atoms with Crippen LogP contribution in [0.1, 0.15) is 29.6 Å². The topological polar surface area (TPSA) is 32.3 Å². The first-order valence-corrected chi connectivity index (χ1v) is 8.08. The third-order valence-corrected chi connectivity index (χ3v) is 4.99. The van der Waals surface area contributed by atoms with Crippen LogP contribution in [0, 0.1) is 9.49 Å². The lowest BCUT2D eigenvalue weighted by Crippen LogP contribution is -2.31. The molecule has 4 heteroatoms. The highest BCUT2D eigenvalue weighted by Crippen LogP contribution is 2.31. The maximum absolute atomic E-state index is 12.1. The van der Waals surface area contributed by atoms with Gasteiger partial charge in [-0.05, 0) is 66.4 Å². The molecule has 0 radical (unpaired) electrons. The van der Waals surface area contributed by atoms with Gasteiger partial charge in [-0.15, -0.1) is 0 Å². The molecule has 102 valence electrons. The average molecular weight is 370 g/mol. The third kappa shape index (κ3) is 3.28. The molecule has 19 heavy (non-hydrogen) atoms. The summed E-state index contributed by atoms with van der Waals surface area (Å²) in [5.74, 6) is 0.695. The van der Waals surface area contributed by atoms with Crippen LogP contribution in [0.4, 0.5) is 0 Å². The lowest BCUT2D eigenvalue weighted by Gasteiger charge is -2.15. The second-order valence-electron chi connectivity index (χ2n) is 5.57. The van der Waals surface area contributed by atoms with Crippen LogP contribution in [-0.2, 0) is 0 Å². The van der Waals surface area contributed by atoms with E-state index < -0.39 is 0 Å². The minimum Gasteiger partial charge on any atom is -0.352 e. The van der Waals surface area contributed by atoms with Crippen LogP contribution in [0.3, 0.4) is 0 Å². The molecule has 1 heterocycles. The van der Waals surface area contributed by atoms with E-state index in [2.05, 4.69) is 32.8 Å². The zero-order valence-corrected chi connectivity index (χ0v) is 13.1. The minimum absolute atomic E-state index is 0.0647. The molecule has 0 bridgehead atoms. The molecule has 3 rings (SSSR count). The number of hydrogen-bond donors (Lipinski definition) is 1. The summed E-state index contributed by atoms with van der Waals surface area (Å²) in [5.41, 5.74) is 0.792. The molecule has 1 aromatic carbocycles. The first kappa shape index (κ1) is 13.4. The van der Waals surface area contributed by atoms with Gasteiger partial charge in [0.1, 0.15) is 0 Å². The van der Waals surface area contributed by atoms with Crippen LogP contribution in [0.25, 0.3) is 0 Å². The van der Waals surface area contributed by atoms with Gasteiger partial charge in [0.15, 0.2) is 0 Å². The van der Waals surface area contributed by atoms with Crippen LogP contribution in [0.5, 0.6) is 0 Å². The summed E-state index contributed by atoms with van der Waals surface area (Å²) in [7, 11) is 0. The number of likely N-dealkylation sites (tertiary alicyclic amines) is 1. The molecule has 1 saturated heterocycles. The van der Waals surface area contributed by atoms with Crippen molar-refractivity contribution in [1.29, 1.82) is 0 Å². The van der Waals surface area contributed by atoms with E-state index in [1.54, 1.807) is 0 Å². The Morgan fingerprint density at radius 2 is 2.11 bits per heavy atom. The van der Waals surface area contributed by atoms with Gasteiger partial charge in [0, 0.05) is 22.7 Å². The number of halogens is 1. The van der Waals surface area contributed by atoms with Gasteiger partial charge in [0.05, 0.1) is 5.56 Å². The SMILES string of the molecule is O=C(NCC1CCN(C2CC2)C1)c1ccccc1I. The number of carbonyl (C=O) groups is 1. The lowest BCUT2D eigenvalue weighted by molar-refractivity contribution is 0.0946. The third-order valence-electron chi connectivity index (χ3n) is 4.05. The van der Waals surface area contributed by atoms with E-state index in [9.17, 15) is 4.79 Å². The van der Waals surface area contributed by atoms with E-state index in [-0.39, 0.29) is 5.91 Å². The summed E-state index contributed by atoms with van der Waals surface area (Å²) in [6.07, 6.45) is 3.98. The smallest absolute Gasteiger partial charge is 0.252 e. The highest BCUT2D eigenvalue weighted by atomic mass is 127. The molecule has 1 aliphatic heterocycles. The molecular formula is C15H19IN2O. The molecular weight excluding hydrogens is 351 g/mol. The Kier molecular flexibility index (Phi) is 4.07. The molecule has 1 unspecified atom stereocenters. The summed E-state index contributed by atoms with van der Waals surface area (Å²) >= 11 is 2.21. The van der Waals surface area contributed by atoms with E-state index in [4.69, 9.17) is 0 Å². The van der Waals surface area contributed by atoms with Gasteiger partial charge in [0.2, 0.25) is 0 Å². The van der Waals surface area contributed by atoms with Crippen molar-refractivity contribution in [3.05, 3.63) is 33.4 Å². The fraction of sp³-hybridized carbons (Fsp3) is 0.533. The second kappa shape index (κ2) is 5.79. The Labute approximate surface area is 127 Å². The average Bonchev–Trinajstić information content (AvgIpc) is 3.16. The first-order chi connectivity index (χ1) is 9.24. The maximum Gasteiger partial charge on any atom is 0.252 e. The predicted octanol–water partition coefficient (Wildman–Crippen LogP) is 2.51. The highest BCUT2D eigenvalue weighted by molar-refractivity contribution is 14.1. The fourth-order valence-electron chi connectivity index (χ4n) is 2.78. The van der Waals surface area contributed by atoms with Gasteiger partial charge >= 0.3 is 0 Å². The summed E-state index contributed by atoms with van der Waals surface area (Å²) in [4.78, 5) is 14.7. The van der Waals surface area contributed by atoms with E-state index >= 15 is 0 Å². The Hall–Kier alpha value is -0.620. The van der Waals surface area contributed by atoms with Crippen LogP contribution in [0.2, 0.25) is 0 Å². The normalized spacial score (nSPS) is 23.5. The molecule has 3 nitrogen and oxygen atoms in total. The lowest BCUT2D eigenvalue weighted by atomic mass is 10.1. The van der Waals surface area contributed by atoms with Crippen molar-refractivity contribution in [2.75, 3.05) is 19.6 Å². The van der Waals surface area contributed by atoms with E-state index in [1.807, 2.05) is 24.3 Å². The summed E-state index contributed by atoms with van der Waals surface area (Å²) < 4.78 is 1.02. The van der Waals surface area contributed by atoms with Gasteiger partial charge in [-0.1, -0.05) is 12.1 Å². The van der Waals surface area contributed by atoms with E-state index in [0.29, 0.717) is 5.92 Å². The number of hydrogen-bond acceptors (Lipinski definition) is 2. The summed E-state index contributed by atoms with van der Waals surface area (Å²) in [6, 6.07) is 8.60. The standard InChI is InChI=1S/C15H19IN2O/c16-14-4-2-1-3-13(14)15(19)17-9-11-7-8-18(10-11)12-5-6-12/h1-4,11-12H,5-10H2,(H,17,19). The van der Waals surface area contributed by atoms with E-state index in [0.717, 1.165) is 28.3 Å². The Balaban J connectivity index is 1.50. The number of nitrogens with one attached hydrogen (secondary N) is 1. The van der Waals surface area contributed by atoms with Crippen molar-refractivity contribution in [3.63, 3.8) is 0 Å². The summed E-state index contributed by atoms with van der Waals surface area (Å²) in [5, 5.41) is 3.09. The Morgan fingerprint density at radius 3 is 2.84 bits per heavy atom. The van der Waals surface area contributed by atoms with Crippen molar-refractivity contribution in [2.24, 2.45) is 5.92 Å². The van der Waals surface area contributed by atoms with Gasteiger partial charge in [0.25, 0.3) is 5.91 Å². The van der Waals surface area contributed by atoms with Gasteiger partial charge in [-0.2, -0.15) is 0 Å². The number of nitrogens with zero attached hydrogens (tertiary/aromatic N) is 1. The monoisotopic (exact) mass is 370 g/mol. The van der Waals surface area contributed by atoms with Crippen molar-refractivity contribution >= 4 is 28.5 Å². The Morgan fingerprint density at radius 1 is 1.32 bits per heavy atom. The molecule has 1 N–H and O–H groups in total. The Bertz CT molecular complexity index is 473. The van der Waals surface area contributed by atoms with Crippen molar-refractivity contribution in [2.45, 2.75) is 25.3 Å². The molecule has 0 spiro atoms. The zero-order chi connectivity index (χ0) is 13.2. The number of benzene rings is 1. The molecule has 1 aliphatic carbocycles. The quantitative estimate of drug-likeness (QED) is 0.827. The number of carbonyl (C=O) groups excluding carboxylic acids is 1. The predicted molar refractivity (Wildman–Crippen MR) is 84.2 cm³/mol. The molecule has 1 aromatic rings. The first-order valence-electron chi connectivity index (χ1n) is 7.01. The number of amides is 1. The van der Waals surface area contributed by atoms with Crippen LogP contribution < -0.4 is 5.32 Å². The largest absolute Gasteiger partial charge is 0.352 e. The van der Waals surface area contributed by atoms with Crippen molar-refractivity contribution < 1.29 is 4.79 Å². The fourth-order valence-corrected chi connectivity index (χ4v) is 3.41.